The molecule has 0 aliphatic heterocycles. The Hall–Kier alpha value is -2.62. The van der Waals surface area contributed by atoms with Crippen LogP contribution in [-0.4, -0.2) is 15.6 Å². The maximum atomic E-state index is 12.1. The molecule has 3 aromatic rings. The van der Waals surface area contributed by atoms with Gasteiger partial charge in [0.2, 0.25) is 5.78 Å². The number of hydrogen-bond acceptors (Lipinski definition) is 3. The van der Waals surface area contributed by atoms with Crippen molar-refractivity contribution in [1.29, 1.82) is 0 Å². The molecule has 4 nitrogen and oxygen atoms in total. The second kappa shape index (κ2) is 5.17. The van der Waals surface area contributed by atoms with Crippen LogP contribution in [0.4, 0.5) is 0 Å². The maximum Gasteiger partial charge on any atom is 0.221 e. The fraction of sp³-hybridized carbons (Fsp3) is 0.125. The quantitative estimate of drug-likeness (QED) is 0.536. The van der Waals surface area contributed by atoms with E-state index in [1.807, 2.05) is 42.1 Å². The molecule has 4 heteroatoms. The van der Waals surface area contributed by atoms with Crippen molar-refractivity contribution in [3.05, 3.63) is 60.1 Å². The monoisotopic (exact) mass is 266 g/mol. The molecule has 0 saturated heterocycles. The minimum absolute atomic E-state index is 0.148. The van der Waals surface area contributed by atoms with E-state index in [4.69, 9.17) is 4.42 Å². The Morgan fingerprint density at radius 2 is 2.25 bits per heavy atom. The average molecular weight is 266 g/mol. The summed E-state index contributed by atoms with van der Waals surface area (Å²) in [4.78, 5) is 12.1. The van der Waals surface area contributed by atoms with Crippen molar-refractivity contribution in [2.24, 2.45) is 0 Å². The summed E-state index contributed by atoms with van der Waals surface area (Å²) in [6.45, 7) is 2.82. The van der Waals surface area contributed by atoms with Gasteiger partial charge in [-0.05, 0) is 31.2 Å². The zero-order valence-electron chi connectivity index (χ0n) is 11.1. The Balaban J connectivity index is 1.81. The lowest BCUT2D eigenvalue weighted by molar-refractivity contribution is 0.102. The second-order valence-electron chi connectivity index (χ2n) is 4.48. The van der Waals surface area contributed by atoms with Crippen LogP contribution in [0.2, 0.25) is 0 Å². The van der Waals surface area contributed by atoms with Crippen molar-refractivity contribution in [3.63, 3.8) is 0 Å². The highest BCUT2D eigenvalue weighted by atomic mass is 16.3. The van der Waals surface area contributed by atoms with Gasteiger partial charge in [-0.2, -0.15) is 5.10 Å². The normalized spacial score (nSPS) is 11.4. The Morgan fingerprint density at radius 1 is 1.40 bits per heavy atom. The van der Waals surface area contributed by atoms with Crippen LogP contribution in [0.5, 0.6) is 0 Å². The third-order valence-corrected chi connectivity index (χ3v) is 3.07. The topological polar surface area (TPSA) is 48.0 Å². The first kappa shape index (κ1) is 12.4. The number of nitrogens with zero attached hydrogens (tertiary/aromatic N) is 2. The number of aryl methyl sites for hydroxylation is 1. The van der Waals surface area contributed by atoms with Crippen molar-refractivity contribution < 1.29 is 9.21 Å². The first-order valence-electron chi connectivity index (χ1n) is 6.49. The van der Waals surface area contributed by atoms with Crippen LogP contribution in [0.25, 0.3) is 17.0 Å². The molecule has 0 spiro atoms. The lowest BCUT2D eigenvalue weighted by atomic mass is 10.2. The molecule has 0 aliphatic rings. The Bertz CT molecular complexity index is 747. The second-order valence-corrected chi connectivity index (χ2v) is 4.48. The van der Waals surface area contributed by atoms with Crippen molar-refractivity contribution in [2.45, 2.75) is 13.5 Å². The summed E-state index contributed by atoms with van der Waals surface area (Å²) in [6.07, 6.45) is 6.87. The van der Waals surface area contributed by atoms with E-state index in [0.29, 0.717) is 5.76 Å². The first-order valence-corrected chi connectivity index (χ1v) is 6.49. The largest absolute Gasteiger partial charge is 0.453 e. The molecule has 0 radical (unpaired) electrons. The van der Waals surface area contributed by atoms with E-state index in [9.17, 15) is 4.79 Å². The SMILES string of the molecule is CCn1cc(/C=C\C(=O)c2cc3ccccc3o2)cn1. The predicted octanol–water partition coefficient (Wildman–Crippen LogP) is 3.55. The van der Waals surface area contributed by atoms with Crippen molar-refractivity contribution in [3.8, 4) is 0 Å². The van der Waals surface area contributed by atoms with Gasteiger partial charge < -0.3 is 4.42 Å². The number of carbonyl (C=O) groups excluding carboxylic acids is 1. The summed E-state index contributed by atoms with van der Waals surface area (Å²) in [7, 11) is 0. The highest BCUT2D eigenvalue weighted by molar-refractivity contribution is 6.06. The highest BCUT2D eigenvalue weighted by Crippen LogP contribution is 2.19. The Kier molecular flexibility index (Phi) is 3.21. The van der Waals surface area contributed by atoms with Crippen LogP contribution < -0.4 is 0 Å². The molecule has 20 heavy (non-hydrogen) atoms. The van der Waals surface area contributed by atoms with Gasteiger partial charge in [-0.25, -0.2) is 0 Å². The molecular formula is C16H14N2O2. The van der Waals surface area contributed by atoms with E-state index in [0.717, 1.165) is 23.1 Å². The number of hydrogen-bond donors (Lipinski definition) is 0. The molecule has 0 N–H and O–H groups in total. The minimum atomic E-state index is -0.148. The highest BCUT2D eigenvalue weighted by Gasteiger charge is 2.08. The average Bonchev–Trinajstić information content (AvgIpc) is 3.10. The third kappa shape index (κ3) is 2.40. The van der Waals surface area contributed by atoms with Crippen molar-refractivity contribution >= 4 is 22.8 Å². The molecule has 0 aliphatic carbocycles. The van der Waals surface area contributed by atoms with E-state index < -0.39 is 0 Å². The van der Waals surface area contributed by atoms with Crippen molar-refractivity contribution in [1.82, 2.24) is 9.78 Å². The van der Waals surface area contributed by atoms with Gasteiger partial charge in [0.05, 0.1) is 6.20 Å². The van der Waals surface area contributed by atoms with Gasteiger partial charge in [-0.3, -0.25) is 9.48 Å². The number of ketones is 1. The molecule has 3 rings (SSSR count). The minimum Gasteiger partial charge on any atom is -0.453 e. The zero-order valence-corrected chi connectivity index (χ0v) is 11.1. The number of fused-ring (bicyclic) bond motifs is 1. The molecule has 1 aromatic carbocycles. The lowest BCUT2D eigenvalue weighted by Gasteiger charge is -1.89. The van der Waals surface area contributed by atoms with E-state index in [2.05, 4.69) is 5.10 Å². The summed E-state index contributed by atoms with van der Waals surface area (Å²) in [5, 5.41) is 5.08. The van der Waals surface area contributed by atoms with Crippen LogP contribution in [0.1, 0.15) is 23.0 Å². The Labute approximate surface area is 116 Å². The molecule has 0 atom stereocenters. The number of furan rings is 1. The summed E-state index contributed by atoms with van der Waals surface area (Å²) >= 11 is 0. The number of allylic oxidation sites excluding steroid dienone is 1. The number of aromatic nitrogens is 2. The smallest absolute Gasteiger partial charge is 0.221 e. The summed E-state index contributed by atoms with van der Waals surface area (Å²) in [6, 6.07) is 9.33. The van der Waals surface area contributed by atoms with Gasteiger partial charge in [0.15, 0.2) is 5.76 Å². The van der Waals surface area contributed by atoms with Gasteiger partial charge in [0.1, 0.15) is 5.58 Å². The van der Waals surface area contributed by atoms with Gasteiger partial charge >= 0.3 is 0 Å². The van der Waals surface area contributed by atoms with E-state index in [1.54, 1.807) is 18.3 Å². The van der Waals surface area contributed by atoms with Gasteiger partial charge in [-0.1, -0.05) is 18.2 Å². The van der Waals surface area contributed by atoms with Crippen LogP contribution in [0.15, 0.2) is 53.2 Å². The fourth-order valence-electron chi connectivity index (χ4n) is 2.00. The zero-order chi connectivity index (χ0) is 13.9. The van der Waals surface area contributed by atoms with Crippen molar-refractivity contribution in [2.75, 3.05) is 0 Å². The molecule has 100 valence electrons. The lowest BCUT2D eigenvalue weighted by Crippen LogP contribution is -1.92. The number of carbonyl (C=O) groups is 1. The molecule has 2 heterocycles. The Morgan fingerprint density at radius 3 is 3.00 bits per heavy atom. The van der Waals surface area contributed by atoms with E-state index in [-0.39, 0.29) is 5.78 Å². The van der Waals surface area contributed by atoms with Crippen LogP contribution in [0.3, 0.4) is 0 Å². The number of para-hydroxylation sites is 1. The molecular weight excluding hydrogens is 252 g/mol. The fourth-order valence-corrected chi connectivity index (χ4v) is 2.00. The van der Waals surface area contributed by atoms with Gasteiger partial charge in [0.25, 0.3) is 0 Å². The molecule has 2 aromatic heterocycles. The molecule has 0 amide bonds. The van der Waals surface area contributed by atoms with Crippen LogP contribution >= 0.6 is 0 Å². The van der Waals surface area contributed by atoms with E-state index in [1.165, 1.54) is 6.08 Å². The van der Waals surface area contributed by atoms with Gasteiger partial charge in [-0.15, -0.1) is 0 Å². The van der Waals surface area contributed by atoms with E-state index >= 15 is 0 Å². The maximum absolute atomic E-state index is 12.1. The van der Waals surface area contributed by atoms with Gasteiger partial charge in [0, 0.05) is 23.7 Å². The molecule has 0 bridgehead atoms. The predicted molar refractivity (Wildman–Crippen MR) is 77.5 cm³/mol. The molecule has 0 unspecified atom stereocenters. The third-order valence-electron chi connectivity index (χ3n) is 3.07. The standard InChI is InChI=1S/C16H14N2O2/c1-2-18-11-12(10-17-18)7-8-14(19)16-9-13-5-3-4-6-15(13)20-16/h3-11H,2H2,1H3/b8-7-. The molecule has 0 saturated carbocycles. The number of benzene rings is 1. The first-order chi connectivity index (χ1) is 9.76. The summed E-state index contributed by atoms with van der Waals surface area (Å²) in [5.74, 6) is 0.204. The van der Waals surface area contributed by atoms with Crippen LogP contribution in [0, 0.1) is 0 Å². The summed E-state index contributed by atoms with van der Waals surface area (Å²) in [5.41, 5.74) is 1.62. The molecule has 0 fully saturated rings. The van der Waals surface area contributed by atoms with Crippen LogP contribution in [-0.2, 0) is 6.54 Å². The summed E-state index contributed by atoms with van der Waals surface area (Å²) < 4.78 is 7.33. The number of rotatable bonds is 4.